The summed E-state index contributed by atoms with van der Waals surface area (Å²) >= 11 is 0. The van der Waals surface area contributed by atoms with E-state index in [2.05, 4.69) is 18.8 Å². The number of aromatic hydroxyl groups is 1. The van der Waals surface area contributed by atoms with Crippen molar-refractivity contribution in [2.45, 2.75) is 26.7 Å². The SMILES string of the molecule is CC(C)CCc1ncccc1O. The molecule has 1 aromatic heterocycles. The van der Waals surface area contributed by atoms with Crippen LogP contribution in [-0.4, -0.2) is 10.1 Å². The van der Waals surface area contributed by atoms with E-state index >= 15 is 0 Å². The number of aryl methyl sites for hydroxylation is 1. The van der Waals surface area contributed by atoms with Gasteiger partial charge in [-0.2, -0.15) is 0 Å². The van der Waals surface area contributed by atoms with Gasteiger partial charge in [-0.05, 0) is 30.9 Å². The second-order valence-corrected chi connectivity index (χ2v) is 3.40. The molecule has 0 saturated carbocycles. The van der Waals surface area contributed by atoms with E-state index in [9.17, 15) is 5.11 Å². The summed E-state index contributed by atoms with van der Waals surface area (Å²) in [5, 5.41) is 9.36. The number of nitrogens with zero attached hydrogens (tertiary/aromatic N) is 1. The Kier molecular flexibility index (Phi) is 3.09. The zero-order valence-electron chi connectivity index (χ0n) is 7.62. The van der Waals surface area contributed by atoms with Crippen molar-refractivity contribution in [2.24, 2.45) is 5.92 Å². The average molecular weight is 165 g/mol. The fraction of sp³-hybridized carbons (Fsp3) is 0.500. The summed E-state index contributed by atoms with van der Waals surface area (Å²) < 4.78 is 0. The Hall–Kier alpha value is -1.05. The molecule has 1 rings (SSSR count). The van der Waals surface area contributed by atoms with E-state index in [1.165, 1.54) is 0 Å². The first-order valence-electron chi connectivity index (χ1n) is 4.33. The molecule has 0 unspecified atom stereocenters. The van der Waals surface area contributed by atoms with Crippen molar-refractivity contribution in [3.05, 3.63) is 24.0 Å². The van der Waals surface area contributed by atoms with Crippen LogP contribution in [0.15, 0.2) is 18.3 Å². The molecule has 0 aliphatic carbocycles. The summed E-state index contributed by atoms with van der Waals surface area (Å²) in [7, 11) is 0. The molecule has 0 fully saturated rings. The smallest absolute Gasteiger partial charge is 0.137 e. The zero-order chi connectivity index (χ0) is 8.97. The normalized spacial score (nSPS) is 10.6. The average Bonchev–Trinajstić information content (AvgIpc) is 2.03. The number of rotatable bonds is 3. The second kappa shape index (κ2) is 4.10. The maximum absolute atomic E-state index is 9.36. The van der Waals surface area contributed by atoms with Crippen LogP contribution in [0.5, 0.6) is 5.75 Å². The molecular formula is C10H15NO. The van der Waals surface area contributed by atoms with Gasteiger partial charge in [-0.3, -0.25) is 4.98 Å². The minimum absolute atomic E-state index is 0.318. The van der Waals surface area contributed by atoms with Gasteiger partial charge in [-0.1, -0.05) is 13.8 Å². The van der Waals surface area contributed by atoms with Crippen LogP contribution in [0.4, 0.5) is 0 Å². The molecule has 0 amide bonds. The lowest BCUT2D eigenvalue weighted by Crippen LogP contribution is -1.94. The van der Waals surface area contributed by atoms with Crippen LogP contribution in [-0.2, 0) is 6.42 Å². The fourth-order valence-electron chi connectivity index (χ4n) is 1.05. The van der Waals surface area contributed by atoms with Gasteiger partial charge in [0, 0.05) is 6.20 Å². The first kappa shape index (κ1) is 9.04. The van der Waals surface area contributed by atoms with Gasteiger partial charge in [-0.25, -0.2) is 0 Å². The number of hydrogen-bond acceptors (Lipinski definition) is 2. The highest BCUT2D eigenvalue weighted by molar-refractivity contribution is 5.24. The van der Waals surface area contributed by atoms with Crippen LogP contribution < -0.4 is 0 Å². The highest BCUT2D eigenvalue weighted by Crippen LogP contribution is 2.16. The molecule has 1 N–H and O–H groups in total. The fourth-order valence-corrected chi connectivity index (χ4v) is 1.05. The minimum Gasteiger partial charge on any atom is -0.506 e. The van der Waals surface area contributed by atoms with Crippen LogP contribution in [0.1, 0.15) is 26.0 Å². The van der Waals surface area contributed by atoms with Gasteiger partial charge >= 0.3 is 0 Å². The molecular weight excluding hydrogens is 150 g/mol. The molecule has 12 heavy (non-hydrogen) atoms. The van der Waals surface area contributed by atoms with Crippen molar-refractivity contribution < 1.29 is 5.11 Å². The van der Waals surface area contributed by atoms with Crippen LogP contribution in [0.3, 0.4) is 0 Å². The molecule has 0 spiro atoms. The van der Waals surface area contributed by atoms with E-state index < -0.39 is 0 Å². The van der Waals surface area contributed by atoms with Gasteiger partial charge in [-0.15, -0.1) is 0 Å². The second-order valence-electron chi connectivity index (χ2n) is 3.40. The Balaban J connectivity index is 2.57. The van der Waals surface area contributed by atoms with Gasteiger partial charge in [0.1, 0.15) is 5.75 Å². The quantitative estimate of drug-likeness (QED) is 0.746. The number of pyridine rings is 1. The van der Waals surface area contributed by atoms with E-state index in [0.717, 1.165) is 18.5 Å². The van der Waals surface area contributed by atoms with E-state index in [4.69, 9.17) is 0 Å². The van der Waals surface area contributed by atoms with Crippen molar-refractivity contribution in [1.29, 1.82) is 0 Å². The van der Waals surface area contributed by atoms with Crippen molar-refractivity contribution in [3.63, 3.8) is 0 Å². The van der Waals surface area contributed by atoms with Crippen LogP contribution >= 0.6 is 0 Å². The molecule has 2 nitrogen and oxygen atoms in total. The van der Waals surface area contributed by atoms with Gasteiger partial charge < -0.3 is 5.11 Å². The highest BCUT2D eigenvalue weighted by atomic mass is 16.3. The monoisotopic (exact) mass is 165 g/mol. The first-order chi connectivity index (χ1) is 5.70. The summed E-state index contributed by atoms with van der Waals surface area (Å²) in [5.41, 5.74) is 0.811. The third-order valence-corrected chi connectivity index (χ3v) is 1.82. The maximum Gasteiger partial charge on any atom is 0.137 e. The largest absolute Gasteiger partial charge is 0.506 e. The molecule has 0 saturated heterocycles. The predicted octanol–water partition coefficient (Wildman–Crippen LogP) is 2.38. The van der Waals surface area contributed by atoms with Gasteiger partial charge in [0.25, 0.3) is 0 Å². The molecule has 66 valence electrons. The molecule has 0 atom stereocenters. The van der Waals surface area contributed by atoms with Crippen molar-refractivity contribution in [1.82, 2.24) is 4.98 Å². The van der Waals surface area contributed by atoms with Crippen LogP contribution in [0.25, 0.3) is 0 Å². The van der Waals surface area contributed by atoms with Gasteiger partial charge in [0.15, 0.2) is 0 Å². The Morgan fingerprint density at radius 3 is 2.83 bits per heavy atom. The van der Waals surface area contributed by atoms with Crippen molar-refractivity contribution >= 4 is 0 Å². The number of hydrogen-bond donors (Lipinski definition) is 1. The first-order valence-corrected chi connectivity index (χ1v) is 4.33. The summed E-state index contributed by atoms with van der Waals surface area (Å²) in [6, 6.07) is 3.43. The topological polar surface area (TPSA) is 33.1 Å². The molecule has 1 heterocycles. The molecule has 0 aliphatic heterocycles. The summed E-state index contributed by atoms with van der Waals surface area (Å²) in [6.07, 6.45) is 3.66. The van der Waals surface area contributed by atoms with E-state index in [1.807, 2.05) is 0 Å². The Morgan fingerprint density at radius 2 is 2.25 bits per heavy atom. The van der Waals surface area contributed by atoms with Crippen molar-refractivity contribution in [2.75, 3.05) is 0 Å². The lowest BCUT2D eigenvalue weighted by Gasteiger charge is -2.04. The maximum atomic E-state index is 9.36. The van der Waals surface area contributed by atoms with E-state index in [1.54, 1.807) is 18.3 Å². The predicted molar refractivity (Wildman–Crippen MR) is 49.1 cm³/mol. The third kappa shape index (κ3) is 2.53. The summed E-state index contributed by atoms with van der Waals surface area (Å²) in [5.74, 6) is 0.976. The molecule has 1 aromatic rings. The standard InChI is InChI=1S/C10H15NO/c1-8(2)5-6-9-10(12)4-3-7-11-9/h3-4,7-8,12H,5-6H2,1-2H3. The van der Waals surface area contributed by atoms with Gasteiger partial charge in [0.05, 0.1) is 5.69 Å². The Bertz CT molecular complexity index is 245. The van der Waals surface area contributed by atoms with Crippen molar-refractivity contribution in [3.8, 4) is 5.75 Å². The highest BCUT2D eigenvalue weighted by Gasteiger charge is 2.02. The molecule has 0 bridgehead atoms. The lowest BCUT2D eigenvalue weighted by molar-refractivity contribution is 0.458. The third-order valence-electron chi connectivity index (χ3n) is 1.82. The molecule has 0 aliphatic rings. The van der Waals surface area contributed by atoms with E-state index in [0.29, 0.717) is 11.7 Å². The van der Waals surface area contributed by atoms with Gasteiger partial charge in [0.2, 0.25) is 0 Å². The molecule has 0 radical (unpaired) electrons. The zero-order valence-corrected chi connectivity index (χ0v) is 7.62. The number of aromatic nitrogens is 1. The van der Waals surface area contributed by atoms with Crippen LogP contribution in [0.2, 0.25) is 0 Å². The lowest BCUT2D eigenvalue weighted by atomic mass is 10.1. The van der Waals surface area contributed by atoms with E-state index in [-0.39, 0.29) is 0 Å². The summed E-state index contributed by atoms with van der Waals surface area (Å²) in [4.78, 5) is 4.10. The molecule has 0 aromatic carbocycles. The Morgan fingerprint density at radius 1 is 1.50 bits per heavy atom. The van der Waals surface area contributed by atoms with Crippen LogP contribution in [0, 0.1) is 5.92 Å². The summed E-state index contributed by atoms with van der Waals surface area (Å²) in [6.45, 7) is 4.33. The Labute approximate surface area is 73.3 Å². The minimum atomic E-state index is 0.318. The molecule has 2 heteroatoms.